The van der Waals surface area contributed by atoms with E-state index in [0.29, 0.717) is 12.2 Å². The first kappa shape index (κ1) is 12.6. The number of ether oxygens (including phenoxy) is 1. The fourth-order valence-corrected chi connectivity index (χ4v) is 1.54. The molecule has 0 aliphatic rings. The summed E-state index contributed by atoms with van der Waals surface area (Å²) in [6.45, 7) is 5.77. The monoisotopic (exact) mass is 222 g/mol. The van der Waals surface area contributed by atoms with Crippen molar-refractivity contribution in [1.29, 1.82) is 0 Å². The van der Waals surface area contributed by atoms with Crippen LogP contribution in [0.15, 0.2) is 18.3 Å². The summed E-state index contributed by atoms with van der Waals surface area (Å²) in [5, 5.41) is 0. The molecule has 4 heteroatoms. The van der Waals surface area contributed by atoms with Crippen molar-refractivity contribution in [2.24, 2.45) is 0 Å². The van der Waals surface area contributed by atoms with Crippen LogP contribution < -0.4 is 4.90 Å². The molecule has 1 rings (SSSR count). The molecular formula is C12H18N2O2. The lowest BCUT2D eigenvalue weighted by Crippen LogP contribution is -2.29. The zero-order chi connectivity index (χ0) is 12.0. The van der Waals surface area contributed by atoms with E-state index in [1.54, 1.807) is 32.4 Å². The van der Waals surface area contributed by atoms with Crippen molar-refractivity contribution in [2.75, 3.05) is 31.7 Å². The number of Topliss-reactive ketones (excluding diaryl/α,β-unsaturated/α-hetero) is 1. The van der Waals surface area contributed by atoms with Crippen LogP contribution in [0.5, 0.6) is 0 Å². The molecule has 0 spiro atoms. The summed E-state index contributed by atoms with van der Waals surface area (Å²) in [6, 6.07) is 3.59. The molecule has 1 aromatic rings. The fraction of sp³-hybridized carbons (Fsp3) is 0.500. The number of hydrogen-bond acceptors (Lipinski definition) is 4. The van der Waals surface area contributed by atoms with Crippen LogP contribution in [0.2, 0.25) is 0 Å². The van der Waals surface area contributed by atoms with Crippen LogP contribution in [0.1, 0.15) is 24.2 Å². The SMILES string of the molecule is CCN(CCOC)c1ncccc1C(C)=O. The molecule has 0 aromatic carbocycles. The van der Waals surface area contributed by atoms with Gasteiger partial charge in [-0.1, -0.05) is 0 Å². The van der Waals surface area contributed by atoms with Crippen molar-refractivity contribution in [3.8, 4) is 0 Å². The molecule has 0 saturated heterocycles. The number of carbonyl (C=O) groups is 1. The maximum atomic E-state index is 11.5. The molecule has 0 unspecified atom stereocenters. The van der Waals surface area contributed by atoms with Crippen LogP contribution in [0.25, 0.3) is 0 Å². The normalized spacial score (nSPS) is 10.2. The van der Waals surface area contributed by atoms with Gasteiger partial charge < -0.3 is 9.64 Å². The second-order valence-electron chi connectivity index (χ2n) is 3.50. The van der Waals surface area contributed by atoms with E-state index in [1.807, 2.05) is 11.8 Å². The first-order chi connectivity index (χ1) is 7.70. The molecule has 0 N–H and O–H groups in total. The van der Waals surface area contributed by atoms with Crippen molar-refractivity contribution in [3.63, 3.8) is 0 Å². The summed E-state index contributed by atoms with van der Waals surface area (Å²) in [5.74, 6) is 0.786. The van der Waals surface area contributed by atoms with Crippen LogP contribution in [-0.2, 0) is 4.74 Å². The third-order valence-corrected chi connectivity index (χ3v) is 2.41. The molecule has 88 valence electrons. The Hall–Kier alpha value is -1.42. The van der Waals surface area contributed by atoms with Crippen LogP contribution in [0, 0.1) is 0 Å². The molecule has 0 aliphatic heterocycles. The van der Waals surface area contributed by atoms with Crippen molar-refractivity contribution >= 4 is 11.6 Å². The lowest BCUT2D eigenvalue weighted by atomic mass is 10.2. The topological polar surface area (TPSA) is 42.4 Å². The van der Waals surface area contributed by atoms with E-state index in [2.05, 4.69) is 4.98 Å². The van der Waals surface area contributed by atoms with Gasteiger partial charge in [0.15, 0.2) is 5.78 Å². The van der Waals surface area contributed by atoms with Crippen LogP contribution in [0.4, 0.5) is 5.82 Å². The number of likely N-dealkylation sites (N-methyl/N-ethyl adjacent to an activating group) is 1. The Morgan fingerprint density at radius 2 is 2.31 bits per heavy atom. The Labute approximate surface area is 96.2 Å². The second kappa shape index (κ2) is 6.23. The van der Waals surface area contributed by atoms with Gasteiger partial charge in [0, 0.05) is 26.4 Å². The van der Waals surface area contributed by atoms with Gasteiger partial charge in [0.25, 0.3) is 0 Å². The quantitative estimate of drug-likeness (QED) is 0.688. The minimum Gasteiger partial charge on any atom is -0.383 e. The molecule has 0 fully saturated rings. The fourth-order valence-electron chi connectivity index (χ4n) is 1.54. The summed E-state index contributed by atoms with van der Waals surface area (Å²) >= 11 is 0. The average molecular weight is 222 g/mol. The number of anilines is 1. The number of hydrogen-bond donors (Lipinski definition) is 0. The van der Waals surface area contributed by atoms with E-state index in [0.717, 1.165) is 18.9 Å². The van der Waals surface area contributed by atoms with Gasteiger partial charge in [0.2, 0.25) is 0 Å². The van der Waals surface area contributed by atoms with Gasteiger partial charge in [-0.05, 0) is 26.0 Å². The summed E-state index contributed by atoms with van der Waals surface area (Å²) in [7, 11) is 1.66. The third-order valence-electron chi connectivity index (χ3n) is 2.41. The van der Waals surface area contributed by atoms with Gasteiger partial charge in [-0.25, -0.2) is 4.98 Å². The van der Waals surface area contributed by atoms with Crippen LogP contribution in [0.3, 0.4) is 0 Å². The molecular weight excluding hydrogens is 204 g/mol. The van der Waals surface area contributed by atoms with E-state index in [4.69, 9.17) is 4.74 Å². The van der Waals surface area contributed by atoms with E-state index in [9.17, 15) is 4.79 Å². The predicted octanol–water partition coefficient (Wildman–Crippen LogP) is 1.76. The Bertz CT molecular complexity index is 353. The summed E-state index contributed by atoms with van der Waals surface area (Å²) < 4.78 is 5.04. The summed E-state index contributed by atoms with van der Waals surface area (Å²) in [6.07, 6.45) is 1.71. The van der Waals surface area contributed by atoms with E-state index in [-0.39, 0.29) is 5.78 Å². The zero-order valence-electron chi connectivity index (χ0n) is 10.1. The number of methoxy groups -OCH3 is 1. The number of ketones is 1. The van der Waals surface area contributed by atoms with Gasteiger partial charge in [-0.15, -0.1) is 0 Å². The van der Waals surface area contributed by atoms with E-state index < -0.39 is 0 Å². The minimum absolute atomic E-state index is 0.0407. The second-order valence-corrected chi connectivity index (χ2v) is 3.50. The Balaban J connectivity index is 2.94. The maximum absolute atomic E-state index is 11.5. The summed E-state index contributed by atoms with van der Waals surface area (Å²) in [5.41, 5.74) is 0.667. The number of pyridine rings is 1. The molecule has 4 nitrogen and oxygen atoms in total. The lowest BCUT2D eigenvalue weighted by Gasteiger charge is -2.23. The lowest BCUT2D eigenvalue weighted by molar-refractivity contribution is 0.101. The highest BCUT2D eigenvalue weighted by Crippen LogP contribution is 2.17. The highest BCUT2D eigenvalue weighted by Gasteiger charge is 2.13. The Morgan fingerprint density at radius 1 is 1.56 bits per heavy atom. The van der Waals surface area contributed by atoms with Gasteiger partial charge in [-0.2, -0.15) is 0 Å². The average Bonchev–Trinajstić information content (AvgIpc) is 2.30. The van der Waals surface area contributed by atoms with Crippen LogP contribution in [-0.4, -0.2) is 37.6 Å². The first-order valence-electron chi connectivity index (χ1n) is 5.40. The molecule has 1 heterocycles. The highest BCUT2D eigenvalue weighted by molar-refractivity contribution is 5.98. The Kier molecular flexibility index (Phi) is 4.92. The van der Waals surface area contributed by atoms with Crippen molar-refractivity contribution in [1.82, 2.24) is 4.98 Å². The summed E-state index contributed by atoms with van der Waals surface area (Å²) in [4.78, 5) is 17.8. The zero-order valence-corrected chi connectivity index (χ0v) is 10.1. The van der Waals surface area contributed by atoms with E-state index >= 15 is 0 Å². The molecule has 16 heavy (non-hydrogen) atoms. The Morgan fingerprint density at radius 3 is 2.88 bits per heavy atom. The van der Waals surface area contributed by atoms with Gasteiger partial charge in [-0.3, -0.25) is 4.79 Å². The first-order valence-corrected chi connectivity index (χ1v) is 5.40. The standard InChI is InChI=1S/C12H18N2O2/c1-4-14(8-9-16-3)12-11(10(2)15)6-5-7-13-12/h5-7H,4,8-9H2,1-3H3. The number of carbonyl (C=O) groups excluding carboxylic acids is 1. The highest BCUT2D eigenvalue weighted by atomic mass is 16.5. The number of nitrogens with zero attached hydrogens (tertiary/aromatic N) is 2. The van der Waals surface area contributed by atoms with Crippen molar-refractivity contribution in [3.05, 3.63) is 23.9 Å². The largest absolute Gasteiger partial charge is 0.383 e. The minimum atomic E-state index is 0.0407. The molecule has 0 atom stereocenters. The van der Waals surface area contributed by atoms with E-state index in [1.165, 1.54) is 0 Å². The number of rotatable bonds is 6. The molecule has 0 bridgehead atoms. The van der Waals surface area contributed by atoms with Gasteiger partial charge in [0.1, 0.15) is 5.82 Å². The molecule has 0 aliphatic carbocycles. The smallest absolute Gasteiger partial charge is 0.163 e. The molecule has 0 amide bonds. The van der Waals surface area contributed by atoms with Crippen molar-refractivity contribution in [2.45, 2.75) is 13.8 Å². The third kappa shape index (κ3) is 3.03. The predicted molar refractivity (Wildman–Crippen MR) is 64.0 cm³/mol. The maximum Gasteiger partial charge on any atom is 0.163 e. The van der Waals surface area contributed by atoms with Gasteiger partial charge >= 0.3 is 0 Å². The molecule has 0 saturated carbocycles. The number of aromatic nitrogens is 1. The van der Waals surface area contributed by atoms with Gasteiger partial charge in [0.05, 0.1) is 12.2 Å². The molecule has 1 aromatic heterocycles. The van der Waals surface area contributed by atoms with Crippen molar-refractivity contribution < 1.29 is 9.53 Å². The van der Waals surface area contributed by atoms with Crippen LogP contribution >= 0.6 is 0 Å². The molecule has 0 radical (unpaired) electrons.